The van der Waals surface area contributed by atoms with Gasteiger partial charge in [-0.1, -0.05) is 12.1 Å². The number of nitrogens with zero attached hydrogens (tertiary/aromatic N) is 1. The summed E-state index contributed by atoms with van der Waals surface area (Å²) >= 11 is 0. The number of anilines is 1. The van der Waals surface area contributed by atoms with Gasteiger partial charge in [-0.25, -0.2) is 0 Å². The Bertz CT molecular complexity index is 383. The molecule has 86 valence electrons. The average molecular weight is 220 g/mol. The highest BCUT2D eigenvalue weighted by Gasteiger charge is 1.96. The van der Waals surface area contributed by atoms with Crippen LogP contribution in [0.25, 0.3) is 0 Å². The predicted molar refractivity (Wildman–Crippen MR) is 65.1 cm³/mol. The summed E-state index contributed by atoms with van der Waals surface area (Å²) in [5.41, 5.74) is 7.35. The summed E-state index contributed by atoms with van der Waals surface area (Å²) in [4.78, 5) is 14.6. The van der Waals surface area contributed by atoms with Crippen LogP contribution in [0.1, 0.15) is 12.5 Å². The molecule has 1 amide bonds. The van der Waals surface area contributed by atoms with Crippen LogP contribution in [-0.2, 0) is 11.3 Å². The largest absolute Gasteiger partial charge is 0.370 e. The molecule has 5 nitrogen and oxygen atoms in total. The lowest BCUT2D eigenvalue weighted by Gasteiger charge is -2.06. The molecule has 0 unspecified atom stereocenters. The standard InChI is InChI=1S/C11H16N4O/c1-8(16)15-10-5-3-9(4-6-10)7-14-11(12)13-2/h3-6H,7H2,1-2H3,(H,15,16)(H3,12,13,14). The van der Waals surface area contributed by atoms with Crippen LogP contribution in [0, 0.1) is 0 Å². The van der Waals surface area contributed by atoms with Gasteiger partial charge in [0.1, 0.15) is 0 Å². The van der Waals surface area contributed by atoms with Crippen molar-refractivity contribution in [2.75, 3.05) is 12.4 Å². The molecule has 0 radical (unpaired) electrons. The molecule has 0 spiro atoms. The first-order chi connectivity index (χ1) is 7.61. The van der Waals surface area contributed by atoms with Gasteiger partial charge in [0.05, 0.1) is 0 Å². The predicted octanol–water partition coefficient (Wildman–Crippen LogP) is 0.679. The molecular weight excluding hydrogens is 204 g/mol. The van der Waals surface area contributed by atoms with Gasteiger partial charge in [-0.3, -0.25) is 9.79 Å². The maximum absolute atomic E-state index is 10.8. The lowest BCUT2D eigenvalue weighted by Crippen LogP contribution is -2.30. The highest BCUT2D eigenvalue weighted by atomic mass is 16.1. The van der Waals surface area contributed by atoms with E-state index in [9.17, 15) is 4.79 Å². The molecule has 0 saturated heterocycles. The van der Waals surface area contributed by atoms with Crippen LogP contribution < -0.4 is 16.4 Å². The summed E-state index contributed by atoms with van der Waals surface area (Å²) in [7, 11) is 1.63. The Morgan fingerprint density at radius 3 is 2.50 bits per heavy atom. The molecule has 0 saturated carbocycles. The molecule has 1 aromatic carbocycles. The number of carbonyl (C=O) groups excluding carboxylic acids is 1. The third-order valence-corrected chi connectivity index (χ3v) is 1.99. The number of carbonyl (C=O) groups is 1. The van der Waals surface area contributed by atoms with Gasteiger partial charge in [0, 0.05) is 26.2 Å². The Morgan fingerprint density at radius 2 is 2.00 bits per heavy atom. The minimum Gasteiger partial charge on any atom is -0.370 e. The lowest BCUT2D eigenvalue weighted by molar-refractivity contribution is -0.114. The number of aliphatic imine (C=N–C) groups is 1. The summed E-state index contributed by atoms with van der Waals surface area (Å²) in [6.45, 7) is 2.09. The summed E-state index contributed by atoms with van der Waals surface area (Å²) in [5.74, 6) is 0.333. The zero-order valence-corrected chi connectivity index (χ0v) is 9.45. The molecule has 4 N–H and O–H groups in total. The number of rotatable bonds is 3. The molecule has 0 fully saturated rings. The summed E-state index contributed by atoms with van der Waals surface area (Å²) in [6.07, 6.45) is 0. The molecule has 0 aliphatic carbocycles. The van der Waals surface area contributed by atoms with Crippen LogP contribution >= 0.6 is 0 Å². The lowest BCUT2D eigenvalue weighted by atomic mass is 10.2. The van der Waals surface area contributed by atoms with Gasteiger partial charge < -0.3 is 16.4 Å². The third kappa shape index (κ3) is 4.00. The smallest absolute Gasteiger partial charge is 0.221 e. The second-order valence-corrected chi connectivity index (χ2v) is 3.34. The van der Waals surface area contributed by atoms with Crippen molar-refractivity contribution in [1.82, 2.24) is 5.32 Å². The first-order valence-electron chi connectivity index (χ1n) is 4.94. The van der Waals surface area contributed by atoms with E-state index in [1.54, 1.807) is 7.05 Å². The maximum Gasteiger partial charge on any atom is 0.221 e. The molecular formula is C11H16N4O. The van der Waals surface area contributed by atoms with E-state index in [1.165, 1.54) is 6.92 Å². The highest BCUT2D eigenvalue weighted by Crippen LogP contribution is 2.08. The van der Waals surface area contributed by atoms with Crippen LogP contribution in [0.3, 0.4) is 0 Å². The van der Waals surface area contributed by atoms with Gasteiger partial charge in [-0.05, 0) is 17.7 Å². The molecule has 0 aliphatic heterocycles. The van der Waals surface area contributed by atoms with E-state index in [0.717, 1.165) is 11.3 Å². The Hall–Kier alpha value is -2.04. The molecule has 5 heteroatoms. The second-order valence-electron chi connectivity index (χ2n) is 3.34. The second kappa shape index (κ2) is 5.75. The molecule has 0 bridgehead atoms. The van der Waals surface area contributed by atoms with Crippen molar-refractivity contribution >= 4 is 17.6 Å². The van der Waals surface area contributed by atoms with E-state index in [1.807, 2.05) is 24.3 Å². The Kier molecular flexibility index (Phi) is 4.32. The number of hydrogen-bond donors (Lipinski definition) is 3. The molecule has 0 heterocycles. The number of nitrogens with one attached hydrogen (secondary N) is 2. The zero-order valence-electron chi connectivity index (χ0n) is 9.45. The van der Waals surface area contributed by atoms with Crippen molar-refractivity contribution in [2.24, 2.45) is 10.7 Å². The van der Waals surface area contributed by atoms with Crippen molar-refractivity contribution in [2.45, 2.75) is 13.5 Å². The molecule has 1 rings (SSSR count). The van der Waals surface area contributed by atoms with Crippen LogP contribution in [0.15, 0.2) is 29.3 Å². The SMILES string of the molecule is CN=C(N)NCc1ccc(NC(C)=O)cc1. The molecule has 0 atom stereocenters. The van der Waals surface area contributed by atoms with Gasteiger partial charge in [-0.15, -0.1) is 0 Å². The Balaban J connectivity index is 2.54. The average Bonchev–Trinajstić information content (AvgIpc) is 2.27. The number of hydrogen-bond acceptors (Lipinski definition) is 2. The third-order valence-electron chi connectivity index (χ3n) is 1.99. The summed E-state index contributed by atoms with van der Waals surface area (Å²) < 4.78 is 0. The first-order valence-corrected chi connectivity index (χ1v) is 4.94. The van der Waals surface area contributed by atoms with E-state index in [4.69, 9.17) is 5.73 Å². The summed E-state index contributed by atoms with van der Waals surface area (Å²) in [6, 6.07) is 7.53. The highest BCUT2D eigenvalue weighted by molar-refractivity contribution is 5.88. The first kappa shape index (κ1) is 12.0. The van der Waals surface area contributed by atoms with Crippen molar-refractivity contribution in [3.8, 4) is 0 Å². The van der Waals surface area contributed by atoms with Gasteiger partial charge in [-0.2, -0.15) is 0 Å². The van der Waals surface area contributed by atoms with E-state index < -0.39 is 0 Å². The Morgan fingerprint density at radius 1 is 1.38 bits per heavy atom. The van der Waals surface area contributed by atoms with Crippen LogP contribution in [0.5, 0.6) is 0 Å². The maximum atomic E-state index is 10.8. The minimum atomic E-state index is -0.0757. The van der Waals surface area contributed by atoms with Crippen LogP contribution in [-0.4, -0.2) is 18.9 Å². The molecule has 1 aromatic rings. The van der Waals surface area contributed by atoms with Crippen molar-refractivity contribution in [3.05, 3.63) is 29.8 Å². The van der Waals surface area contributed by atoms with Crippen molar-refractivity contribution in [3.63, 3.8) is 0 Å². The van der Waals surface area contributed by atoms with Gasteiger partial charge in [0.2, 0.25) is 5.91 Å². The normalized spacial score (nSPS) is 11.0. The number of nitrogens with two attached hydrogens (primary N) is 1. The van der Waals surface area contributed by atoms with E-state index in [2.05, 4.69) is 15.6 Å². The fourth-order valence-corrected chi connectivity index (χ4v) is 1.18. The molecule has 0 aliphatic rings. The van der Waals surface area contributed by atoms with Gasteiger partial charge in [0.25, 0.3) is 0 Å². The monoisotopic (exact) mass is 220 g/mol. The van der Waals surface area contributed by atoms with Crippen LogP contribution in [0.4, 0.5) is 5.69 Å². The fourth-order valence-electron chi connectivity index (χ4n) is 1.18. The summed E-state index contributed by atoms with van der Waals surface area (Å²) in [5, 5.41) is 5.65. The molecule has 0 aromatic heterocycles. The topological polar surface area (TPSA) is 79.5 Å². The van der Waals surface area contributed by atoms with E-state index in [0.29, 0.717) is 12.5 Å². The number of benzene rings is 1. The van der Waals surface area contributed by atoms with Crippen LogP contribution in [0.2, 0.25) is 0 Å². The van der Waals surface area contributed by atoms with Gasteiger partial charge in [0.15, 0.2) is 5.96 Å². The minimum absolute atomic E-state index is 0.0757. The molecule has 16 heavy (non-hydrogen) atoms. The Labute approximate surface area is 94.8 Å². The number of amides is 1. The van der Waals surface area contributed by atoms with Gasteiger partial charge >= 0.3 is 0 Å². The quantitative estimate of drug-likeness (QED) is 0.517. The zero-order chi connectivity index (χ0) is 12.0. The van der Waals surface area contributed by atoms with E-state index >= 15 is 0 Å². The fraction of sp³-hybridized carbons (Fsp3) is 0.273. The van der Waals surface area contributed by atoms with Crippen molar-refractivity contribution < 1.29 is 4.79 Å². The van der Waals surface area contributed by atoms with E-state index in [-0.39, 0.29) is 5.91 Å². The van der Waals surface area contributed by atoms with Crippen molar-refractivity contribution in [1.29, 1.82) is 0 Å². The number of guanidine groups is 1.